The van der Waals surface area contributed by atoms with Crippen LogP contribution in [0.25, 0.3) is 0 Å². The number of nitrogens with zero attached hydrogens (tertiary/aromatic N) is 2. The number of benzene rings is 1. The van der Waals surface area contributed by atoms with Crippen LogP contribution in [0.2, 0.25) is 0 Å². The van der Waals surface area contributed by atoms with E-state index in [2.05, 4.69) is 10.2 Å². The number of alkyl halides is 3. The van der Waals surface area contributed by atoms with Gasteiger partial charge in [-0.15, -0.1) is 0 Å². The summed E-state index contributed by atoms with van der Waals surface area (Å²) in [4.78, 5) is 16.4. The van der Waals surface area contributed by atoms with Crippen LogP contribution in [0.5, 0.6) is 0 Å². The van der Waals surface area contributed by atoms with Gasteiger partial charge in [0.2, 0.25) is 0 Å². The Hall–Kier alpha value is -1.41. The van der Waals surface area contributed by atoms with E-state index in [0.29, 0.717) is 24.8 Å². The van der Waals surface area contributed by atoms with Gasteiger partial charge in [-0.05, 0) is 48.9 Å². The highest BCUT2D eigenvalue weighted by molar-refractivity contribution is 8.00. The number of carbonyl (C=O) groups is 1. The lowest BCUT2D eigenvalue weighted by atomic mass is 10.3. The smallest absolute Gasteiger partial charge is 0.322 e. The van der Waals surface area contributed by atoms with E-state index in [0.717, 1.165) is 13.1 Å². The third-order valence-corrected chi connectivity index (χ3v) is 4.74. The molecule has 0 spiro atoms. The van der Waals surface area contributed by atoms with E-state index in [9.17, 15) is 18.0 Å². The van der Waals surface area contributed by atoms with Crippen molar-refractivity contribution >= 4 is 23.5 Å². The Labute approximate surface area is 137 Å². The fourth-order valence-corrected chi connectivity index (χ4v) is 3.21. The minimum absolute atomic E-state index is 0.105. The maximum absolute atomic E-state index is 12.3. The zero-order valence-electron chi connectivity index (χ0n) is 12.5. The van der Waals surface area contributed by atoms with Crippen molar-refractivity contribution in [2.45, 2.75) is 29.3 Å². The van der Waals surface area contributed by atoms with Gasteiger partial charge in [0.05, 0.1) is 0 Å². The van der Waals surface area contributed by atoms with Crippen LogP contribution in [0.4, 0.5) is 23.7 Å². The van der Waals surface area contributed by atoms with Crippen LogP contribution in [-0.2, 0) is 0 Å². The third-order valence-electron chi connectivity index (χ3n) is 4.00. The van der Waals surface area contributed by atoms with Crippen LogP contribution in [0.15, 0.2) is 29.2 Å². The normalized spacial score (nSPS) is 19.7. The molecule has 0 aromatic heterocycles. The molecule has 0 unspecified atom stereocenters. The second-order valence-corrected chi connectivity index (χ2v) is 6.89. The van der Waals surface area contributed by atoms with E-state index in [4.69, 9.17) is 0 Å². The molecule has 0 atom stereocenters. The molecule has 8 heteroatoms. The second kappa shape index (κ2) is 6.60. The first kappa shape index (κ1) is 16.4. The molecular weight excluding hydrogens is 327 g/mol. The fraction of sp³-hybridized carbons (Fsp3) is 0.533. The van der Waals surface area contributed by atoms with Crippen molar-refractivity contribution in [3.8, 4) is 0 Å². The van der Waals surface area contributed by atoms with Gasteiger partial charge in [0.1, 0.15) is 0 Å². The van der Waals surface area contributed by atoms with Gasteiger partial charge in [-0.25, -0.2) is 4.79 Å². The third kappa shape index (κ3) is 4.78. The molecule has 1 aromatic rings. The van der Waals surface area contributed by atoms with Gasteiger partial charge < -0.3 is 10.2 Å². The van der Waals surface area contributed by atoms with Crippen molar-refractivity contribution in [1.82, 2.24) is 9.80 Å². The monoisotopic (exact) mass is 345 g/mol. The summed E-state index contributed by atoms with van der Waals surface area (Å²) in [6, 6.07) is 6.21. The predicted octanol–water partition coefficient (Wildman–Crippen LogP) is 3.61. The summed E-state index contributed by atoms with van der Waals surface area (Å²) in [5.41, 5.74) is -3.79. The lowest BCUT2D eigenvalue weighted by Crippen LogP contribution is -2.50. The predicted molar refractivity (Wildman–Crippen MR) is 83.5 cm³/mol. The molecular formula is C15H18F3N3OS. The number of thioether (sulfide) groups is 1. The molecule has 23 heavy (non-hydrogen) atoms. The first-order chi connectivity index (χ1) is 10.9. The largest absolute Gasteiger partial charge is 0.446 e. The lowest BCUT2D eigenvalue weighted by molar-refractivity contribution is -0.0328. The number of halogens is 3. The van der Waals surface area contributed by atoms with E-state index in [1.165, 1.54) is 37.1 Å². The Kier molecular flexibility index (Phi) is 4.72. The zero-order valence-corrected chi connectivity index (χ0v) is 13.3. The number of anilines is 1. The highest BCUT2D eigenvalue weighted by atomic mass is 32.2. The van der Waals surface area contributed by atoms with Crippen LogP contribution in [0.3, 0.4) is 0 Å². The lowest BCUT2D eigenvalue weighted by Gasteiger charge is -2.34. The van der Waals surface area contributed by atoms with Crippen LogP contribution in [-0.4, -0.2) is 53.6 Å². The van der Waals surface area contributed by atoms with Gasteiger partial charge in [0.15, 0.2) is 0 Å². The molecule has 2 fully saturated rings. The number of hydrogen-bond donors (Lipinski definition) is 1. The van der Waals surface area contributed by atoms with Crippen molar-refractivity contribution in [3.05, 3.63) is 24.3 Å². The van der Waals surface area contributed by atoms with E-state index in [-0.39, 0.29) is 22.7 Å². The molecule has 2 amide bonds. The molecule has 3 rings (SSSR count). The summed E-state index contributed by atoms with van der Waals surface area (Å²) in [7, 11) is 0. The molecule has 2 aliphatic rings. The number of amides is 2. The van der Waals surface area contributed by atoms with Gasteiger partial charge in [-0.3, -0.25) is 4.90 Å². The molecule has 1 saturated heterocycles. The Balaban J connectivity index is 1.49. The van der Waals surface area contributed by atoms with Crippen LogP contribution in [0, 0.1) is 0 Å². The number of rotatable bonds is 3. The van der Waals surface area contributed by atoms with Gasteiger partial charge in [0.25, 0.3) is 0 Å². The van der Waals surface area contributed by atoms with E-state index in [1.807, 2.05) is 0 Å². The molecule has 1 N–H and O–H groups in total. The molecule has 1 saturated carbocycles. The Morgan fingerprint density at radius 2 is 1.70 bits per heavy atom. The molecule has 1 heterocycles. The average molecular weight is 345 g/mol. The molecule has 1 aliphatic carbocycles. The Morgan fingerprint density at radius 1 is 1.09 bits per heavy atom. The van der Waals surface area contributed by atoms with Crippen LogP contribution >= 0.6 is 11.8 Å². The van der Waals surface area contributed by atoms with E-state index in [1.54, 1.807) is 4.90 Å². The van der Waals surface area contributed by atoms with Gasteiger partial charge >= 0.3 is 11.5 Å². The van der Waals surface area contributed by atoms with Crippen molar-refractivity contribution in [2.24, 2.45) is 0 Å². The highest BCUT2D eigenvalue weighted by Crippen LogP contribution is 2.37. The minimum Gasteiger partial charge on any atom is -0.322 e. The summed E-state index contributed by atoms with van der Waals surface area (Å²) >= 11 is -0.163. The van der Waals surface area contributed by atoms with Crippen molar-refractivity contribution in [3.63, 3.8) is 0 Å². The second-order valence-electron chi connectivity index (χ2n) is 5.76. The summed E-state index contributed by atoms with van der Waals surface area (Å²) < 4.78 is 36.8. The maximum atomic E-state index is 12.3. The molecule has 1 aliphatic heterocycles. The molecule has 0 radical (unpaired) electrons. The summed E-state index contributed by atoms with van der Waals surface area (Å²) in [5, 5.41) is 2.74. The van der Waals surface area contributed by atoms with Crippen molar-refractivity contribution < 1.29 is 18.0 Å². The summed E-state index contributed by atoms with van der Waals surface area (Å²) in [5.74, 6) is 0. The number of nitrogens with one attached hydrogen (secondary N) is 1. The van der Waals surface area contributed by atoms with E-state index < -0.39 is 5.51 Å². The first-order valence-corrected chi connectivity index (χ1v) is 8.38. The molecule has 0 bridgehead atoms. The standard InChI is InChI=1S/C15H18F3N3OS/c16-15(17,18)23-13-5-1-11(2-6-13)19-14(22)21-9-7-20(8-10-21)12-3-4-12/h1-2,5-6,12H,3-4,7-10H2,(H,19,22). The average Bonchev–Trinajstić information content (AvgIpc) is 3.33. The van der Waals surface area contributed by atoms with Crippen molar-refractivity contribution in [1.29, 1.82) is 0 Å². The number of urea groups is 1. The van der Waals surface area contributed by atoms with Gasteiger partial charge in [0, 0.05) is 42.8 Å². The minimum atomic E-state index is -4.30. The molecule has 1 aromatic carbocycles. The van der Waals surface area contributed by atoms with E-state index >= 15 is 0 Å². The number of carbonyl (C=O) groups excluding carboxylic acids is 1. The number of hydrogen-bond acceptors (Lipinski definition) is 3. The topological polar surface area (TPSA) is 35.6 Å². The summed E-state index contributed by atoms with van der Waals surface area (Å²) in [6.07, 6.45) is 2.52. The Morgan fingerprint density at radius 3 is 2.22 bits per heavy atom. The van der Waals surface area contributed by atoms with Gasteiger partial charge in [-0.2, -0.15) is 13.2 Å². The quantitative estimate of drug-likeness (QED) is 0.850. The first-order valence-electron chi connectivity index (χ1n) is 7.56. The highest BCUT2D eigenvalue weighted by Gasteiger charge is 2.32. The zero-order chi connectivity index (χ0) is 16.4. The maximum Gasteiger partial charge on any atom is 0.446 e. The van der Waals surface area contributed by atoms with Crippen LogP contribution < -0.4 is 5.32 Å². The SMILES string of the molecule is O=C(Nc1ccc(SC(F)(F)F)cc1)N1CCN(C2CC2)CC1. The molecule has 4 nitrogen and oxygen atoms in total. The van der Waals surface area contributed by atoms with Crippen molar-refractivity contribution in [2.75, 3.05) is 31.5 Å². The van der Waals surface area contributed by atoms with Gasteiger partial charge in [-0.1, -0.05) is 0 Å². The number of piperazine rings is 1. The molecule has 126 valence electrons. The van der Waals surface area contributed by atoms with Crippen LogP contribution in [0.1, 0.15) is 12.8 Å². The summed E-state index contributed by atoms with van der Waals surface area (Å²) in [6.45, 7) is 3.15. The fourth-order valence-electron chi connectivity index (χ4n) is 2.67. The Bertz CT molecular complexity index is 552.